The summed E-state index contributed by atoms with van der Waals surface area (Å²) in [6, 6.07) is 10.0. The van der Waals surface area contributed by atoms with Crippen molar-refractivity contribution in [1.82, 2.24) is 10.2 Å². The summed E-state index contributed by atoms with van der Waals surface area (Å²) in [5, 5.41) is 3.39. The van der Waals surface area contributed by atoms with Crippen LogP contribution < -0.4 is 10.2 Å². The Hall–Kier alpha value is -3.45. The van der Waals surface area contributed by atoms with E-state index in [4.69, 9.17) is 35.9 Å². The minimum Gasteiger partial charge on any atom is -0.463 e. The van der Waals surface area contributed by atoms with E-state index >= 15 is 0 Å². The molecule has 2 aliphatic rings. The van der Waals surface area contributed by atoms with Crippen molar-refractivity contribution in [1.29, 1.82) is 0 Å². The van der Waals surface area contributed by atoms with Crippen molar-refractivity contribution in [3.63, 3.8) is 0 Å². The van der Waals surface area contributed by atoms with Gasteiger partial charge in [0.15, 0.2) is 29.7 Å². The number of benzene rings is 1. The lowest BCUT2D eigenvalue weighted by molar-refractivity contribution is -0.255. The Morgan fingerprint density at radius 3 is 1.95 bits per heavy atom. The van der Waals surface area contributed by atoms with E-state index in [1.54, 1.807) is 0 Å². The van der Waals surface area contributed by atoms with E-state index in [-0.39, 0.29) is 6.61 Å². The second-order valence-electron chi connectivity index (χ2n) is 8.88. The van der Waals surface area contributed by atoms with Crippen LogP contribution in [0.5, 0.6) is 0 Å². The molecule has 12 nitrogen and oxygen atoms in total. The lowest BCUT2D eigenvalue weighted by Gasteiger charge is -2.45. The molecule has 1 aromatic carbocycles. The van der Waals surface area contributed by atoms with Crippen LogP contribution in [-0.4, -0.2) is 97.3 Å². The van der Waals surface area contributed by atoms with Gasteiger partial charge >= 0.3 is 23.9 Å². The van der Waals surface area contributed by atoms with E-state index in [1.807, 2.05) is 35.2 Å². The maximum absolute atomic E-state index is 12.0. The van der Waals surface area contributed by atoms with Gasteiger partial charge in [0.1, 0.15) is 12.7 Å². The van der Waals surface area contributed by atoms with Gasteiger partial charge in [-0.15, -0.1) is 0 Å². The number of anilines is 1. The summed E-state index contributed by atoms with van der Waals surface area (Å²) in [6.07, 6.45) is -5.85. The van der Waals surface area contributed by atoms with Crippen LogP contribution in [0.4, 0.5) is 5.69 Å². The van der Waals surface area contributed by atoms with Gasteiger partial charge in [-0.05, 0) is 24.4 Å². The quantitative estimate of drug-likeness (QED) is 0.291. The Kier molecular flexibility index (Phi) is 10.2. The Morgan fingerprint density at radius 1 is 0.842 bits per heavy atom. The van der Waals surface area contributed by atoms with E-state index in [2.05, 4.69) is 10.2 Å². The van der Waals surface area contributed by atoms with Crippen molar-refractivity contribution in [3.8, 4) is 0 Å². The van der Waals surface area contributed by atoms with Crippen LogP contribution in [-0.2, 0) is 42.9 Å². The zero-order chi connectivity index (χ0) is 27.8. The largest absolute Gasteiger partial charge is 0.463 e. The molecule has 0 radical (unpaired) electrons. The zero-order valence-electron chi connectivity index (χ0n) is 21.8. The second kappa shape index (κ2) is 13.4. The predicted octanol–water partition coefficient (Wildman–Crippen LogP) is 0.766. The Labute approximate surface area is 226 Å². The molecule has 2 aliphatic heterocycles. The first kappa shape index (κ1) is 29.1. The average molecular weight is 552 g/mol. The van der Waals surface area contributed by atoms with Gasteiger partial charge < -0.3 is 38.8 Å². The summed E-state index contributed by atoms with van der Waals surface area (Å²) in [7, 11) is 0. The number of esters is 4. The third kappa shape index (κ3) is 8.02. The molecule has 2 fully saturated rings. The van der Waals surface area contributed by atoms with Crippen molar-refractivity contribution < 1.29 is 42.9 Å². The van der Waals surface area contributed by atoms with Crippen LogP contribution in [0.25, 0.3) is 0 Å². The van der Waals surface area contributed by atoms with Crippen LogP contribution in [0.15, 0.2) is 30.3 Å². The van der Waals surface area contributed by atoms with Gasteiger partial charge in [0.2, 0.25) is 0 Å². The van der Waals surface area contributed by atoms with Crippen LogP contribution in [0, 0.1) is 0 Å². The molecular formula is C25H33N3O9S. The number of hydrogen-bond donors (Lipinski definition) is 1. The first-order chi connectivity index (χ1) is 18.0. The van der Waals surface area contributed by atoms with E-state index in [9.17, 15) is 19.2 Å². The average Bonchev–Trinajstić information content (AvgIpc) is 2.86. The Morgan fingerprint density at radius 2 is 1.39 bits per heavy atom. The first-order valence-corrected chi connectivity index (χ1v) is 12.6. The molecule has 0 aliphatic carbocycles. The molecule has 2 heterocycles. The van der Waals surface area contributed by atoms with E-state index in [0.29, 0.717) is 18.2 Å². The summed E-state index contributed by atoms with van der Waals surface area (Å²) < 4.78 is 27.5. The molecule has 2 saturated heterocycles. The van der Waals surface area contributed by atoms with Crippen LogP contribution in [0.1, 0.15) is 27.7 Å². The van der Waals surface area contributed by atoms with Gasteiger partial charge in [-0.3, -0.25) is 19.2 Å². The maximum atomic E-state index is 12.0. The monoisotopic (exact) mass is 551 g/mol. The molecule has 38 heavy (non-hydrogen) atoms. The number of carbonyl (C=O) groups is 4. The predicted molar refractivity (Wildman–Crippen MR) is 138 cm³/mol. The SMILES string of the molecule is CC(=O)OCC1OC(NC(=S)N2CCN(c3ccccc3)CC2)C(OC(C)=O)C(OC(C)=O)C1OC(C)=O. The molecule has 0 amide bonds. The van der Waals surface area contributed by atoms with Crippen molar-refractivity contribution in [2.45, 2.75) is 58.3 Å². The van der Waals surface area contributed by atoms with Crippen molar-refractivity contribution in [2.75, 3.05) is 37.7 Å². The number of carbonyl (C=O) groups excluding carboxylic acids is 4. The molecule has 0 spiro atoms. The number of ether oxygens (including phenoxy) is 5. The van der Waals surface area contributed by atoms with Gasteiger partial charge in [0.25, 0.3) is 0 Å². The standard InChI is InChI=1S/C25H33N3O9S/c1-15(29)33-14-20-21(34-16(2)30)22(35-17(3)31)23(36-18(4)32)24(37-20)26-25(38)28-12-10-27(11-13-28)19-8-6-5-7-9-19/h5-9,20-24H,10-14H2,1-4H3,(H,26,38). The number of hydrogen-bond acceptors (Lipinski definition) is 11. The molecule has 0 bridgehead atoms. The van der Waals surface area contributed by atoms with Crippen molar-refractivity contribution >= 4 is 46.9 Å². The number of nitrogens with one attached hydrogen (secondary N) is 1. The molecule has 13 heteroatoms. The summed E-state index contributed by atoms with van der Waals surface area (Å²) in [5.74, 6) is -2.65. The fourth-order valence-corrected chi connectivity index (χ4v) is 4.66. The van der Waals surface area contributed by atoms with E-state index < -0.39 is 54.5 Å². The second-order valence-corrected chi connectivity index (χ2v) is 9.27. The minimum atomic E-state index is -1.26. The summed E-state index contributed by atoms with van der Waals surface area (Å²) in [5.41, 5.74) is 1.12. The van der Waals surface area contributed by atoms with E-state index in [1.165, 1.54) is 27.7 Å². The summed E-state index contributed by atoms with van der Waals surface area (Å²) >= 11 is 5.64. The maximum Gasteiger partial charge on any atom is 0.303 e. The highest BCUT2D eigenvalue weighted by molar-refractivity contribution is 7.80. The Bertz CT molecular complexity index is 1020. The molecule has 0 saturated carbocycles. The fourth-order valence-electron chi connectivity index (χ4n) is 4.36. The fraction of sp³-hybridized carbons (Fsp3) is 0.560. The topological polar surface area (TPSA) is 133 Å². The van der Waals surface area contributed by atoms with Crippen LogP contribution in [0.2, 0.25) is 0 Å². The molecular weight excluding hydrogens is 518 g/mol. The normalized spacial score (nSPS) is 25.1. The van der Waals surface area contributed by atoms with Gasteiger partial charge in [0.05, 0.1) is 0 Å². The van der Waals surface area contributed by atoms with Crippen molar-refractivity contribution in [2.24, 2.45) is 0 Å². The van der Waals surface area contributed by atoms with Gasteiger partial charge in [-0.1, -0.05) is 18.2 Å². The third-order valence-electron chi connectivity index (χ3n) is 5.94. The molecule has 0 aromatic heterocycles. The summed E-state index contributed by atoms with van der Waals surface area (Å²) in [6.45, 7) is 7.13. The number of thiocarbonyl (C=S) groups is 1. The first-order valence-electron chi connectivity index (χ1n) is 12.2. The van der Waals surface area contributed by atoms with E-state index in [0.717, 1.165) is 18.8 Å². The number of nitrogens with zero attached hydrogens (tertiary/aromatic N) is 2. The summed E-state index contributed by atoms with van der Waals surface area (Å²) in [4.78, 5) is 51.5. The minimum absolute atomic E-state index is 0.307. The Balaban J connectivity index is 1.79. The van der Waals surface area contributed by atoms with Gasteiger partial charge in [-0.25, -0.2) is 0 Å². The molecule has 3 rings (SSSR count). The van der Waals surface area contributed by atoms with Crippen LogP contribution >= 0.6 is 12.2 Å². The molecule has 1 N–H and O–H groups in total. The number of rotatable bonds is 7. The van der Waals surface area contributed by atoms with Gasteiger partial charge in [0, 0.05) is 59.6 Å². The smallest absolute Gasteiger partial charge is 0.303 e. The van der Waals surface area contributed by atoms with Crippen molar-refractivity contribution in [3.05, 3.63) is 30.3 Å². The molecule has 5 unspecified atom stereocenters. The lowest BCUT2D eigenvalue weighted by atomic mass is 9.97. The molecule has 5 atom stereocenters. The van der Waals surface area contributed by atoms with Crippen LogP contribution in [0.3, 0.4) is 0 Å². The highest BCUT2D eigenvalue weighted by atomic mass is 32.1. The highest BCUT2D eigenvalue weighted by Crippen LogP contribution is 2.28. The molecule has 1 aromatic rings. The molecule has 208 valence electrons. The number of para-hydroxylation sites is 1. The number of piperazine rings is 1. The van der Waals surface area contributed by atoms with Gasteiger partial charge in [-0.2, -0.15) is 0 Å². The third-order valence-corrected chi connectivity index (χ3v) is 6.32. The highest BCUT2D eigenvalue weighted by Gasteiger charge is 2.52. The zero-order valence-corrected chi connectivity index (χ0v) is 22.6. The lowest BCUT2D eigenvalue weighted by Crippen LogP contribution is -2.67.